The van der Waals surface area contributed by atoms with E-state index in [-0.39, 0.29) is 0 Å². The molecule has 106 valence electrons. The van der Waals surface area contributed by atoms with Crippen molar-refractivity contribution in [3.8, 4) is 0 Å². The van der Waals surface area contributed by atoms with Crippen molar-refractivity contribution in [3.05, 3.63) is 18.0 Å². The molecule has 0 amide bonds. The SMILES string of the molecule is COCCNCC1(Cc2ccn(C)n2)CC2CC2C1. The Morgan fingerprint density at radius 2 is 2.26 bits per heavy atom. The lowest BCUT2D eigenvalue weighted by molar-refractivity contribution is 0.185. The van der Waals surface area contributed by atoms with Gasteiger partial charge in [0, 0.05) is 33.4 Å². The summed E-state index contributed by atoms with van der Waals surface area (Å²) >= 11 is 0. The molecule has 0 bridgehead atoms. The zero-order valence-corrected chi connectivity index (χ0v) is 12.1. The largest absolute Gasteiger partial charge is 0.383 e. The maximum atomic E-state index is 5.11. The molecule has 1 aromatic heterocycles. The fourth-order valence-corrected chi connectivity index (χ4v) is 3.83. The molecule has 2 aliphatic rings. The lowest BCUT2D eigenvalue weighted by atomic mass is 9.78. The van der Waals surface area contributed by atoms with Crippen LogP contribution in [0.4, 0.5) is 0 Å². The van der Waals surface area contributed by atoms with Crippen LogP contribution < -0.4 is 5.32 Å². The smallest absolute Gasteiger partial charge is 0.0630 e. The van der Waals surface area contributed by atoms with Crippen molar-refractivity contribution in [1.82, 2.24) is 15.1 Å². The first-order chi connectivity index (χ1) is 9.21. The van der Waals surface area contributed by atoms with Crippen molar-refractivity contribution in [2.45, 2.75) is 25.7 Å². The number of nitrogens with one attached hydrogen (secondary N) is 1. The molecule has 2 saturated carbocycles. The molecule has 2 aliphatic carbocycles. The fourth-order valence-electron chi connectivity index (χ4n) is 3.83. The quantitative estimate of drug-likeness (QED) is 0.760. The van der Waals surface area contributed by atoms with Crippen molar-refractivity contribution >= 4 is 0 Å². The van der Waals surface area contributed by atoms with Crippen molar-refractivity contribution in [1.29, 1.82) is 0 Å². The van der Waals surface area contributed by atoms with Gasteiger partial charge < -0.3 is 10.1 Å². The van der Waals surface area contributed by atoms with Crippen LogP contribution in [-0.4, -0.2) is 36.6 Å². The fraction of sp³-hybridized carbons (Fsp3) is 0.800. The standard InChI is InChI=1S/C15H25N3O/c1-18-5-3-14(17-18)10-15(11-16-4-6-19-2)8-12-7-13(12)9-15/h3,5,12-13,16H,4,6-11H2,1-2H3. The third-order valence-electron chi connectivity index (χ3n) is 4.77. The highest BCUT2D eigenvalue weighted by Crippen LogP contribution is 2.60. The van der Waals surface area contributed by atoms with Crippen molar-refractivity contribution in [2.75, 3.05) is 26.8 Å². The number of hydrogen-bond acceptors (Lipinski definition) is 3. The van der Waals surface area contributed by atoms with Crippen molar-refractivity contribution in [3.63, 3.8) is 0 Å². The minimum absolute atomic E-state index is 0.440. The minimum atomic E-state index is 0.440. The monoisotopic (exact) mass is 263 g/mol. The van der Waals surface area contributed by atoms with Crippen molar-refractivity contribution in [2.24, 2.45) is 24.3 Å². The Labute approximate surface area is 115 Å². The summed E-state index contributed by atoms with van der Waals surface area (Å²) in [6.45, 7) is 2.86. The van der Waals surface area contributed by atoms with E-state index < -0.39 is 0 Å². The first-order valence-corrected chi connectivity index (χ1v) is 7.39. The molecule has 19 heavy (non-hydrogen) atoms. The summed E-state index contributed by atoms with van der Waals surface area (Å²) in [5.41, 5.74) is 1.69. The molecular formula is C15H25N3O. The third kappa shape index (κ3) is 3.00. The van der Waals surface area contributed by atoms with Gasteiger partial charge in [-0.2, -0.15) is 5.10 Å². The summed E-state index contributed by atoms with van der Waals surface area (Å²) in [6.07, 6.45) is 7.42. The number of hydrogen-bond donors (Lipinski definition) is 1. The Morgan fingerprint density at radius 3 is 2.89 bits per heavy atom. The minimum Gasteiger partial charge on any atom is -0.383 e. The molecular weight excluding hydrogens is 238 g/mol. The maximum absolute atomic E-state index is 5.11. The van der Waals surface area contributed by atoms with E-state index in [1.807, 2.05) is 11.7 Å². The molecule has 1 heterocycles. The zero-order valence-electron chi connectivity index (χ0n) is 12.1. The molecule has 2 atom stereocenters. The number of aryl methyl sites for hydroxylation is 1. The molecule has 0 radical (unpaired) electrons. The molecule has 3 rings (SSSR count). The number of ether oxygens (including phenoxy) is 1. The summed E-state index contributed by atoms with van der Waals surface area (Å²) in [5.74, 6) is 2.01. The molecule has 0 spiro atoms. The second-order valence-corrected chi connectivity index (χ2v) is 6.49. The Kier molecular flexibility index (Phi) is 3.63. The highest BCUT2D eigenvalue weighted by atomic mass is 16.5. The van der Waals surface area contributed by atoms with E-state index in [1.54, 1.807) is 7.11 Å². The summed E-state index contributed by atoms with van der Waals surface area (Å²) in [6, 6.07) is 2.17. The summed E-state index contributed by atoms with van der Waals surface area (Å²) < 4.78 is 7.03. The zero-order chi connectivity index (χ0) is 13.3. The predicted molar refractivity (Wildman–Crippen MR) is 74.9 cm³/mol. The highest BCUT2D eigenvalue weighted by Gasteiger charge is 2.53. The van der Waals surface area contributed by atoms with Gasteiger partial charge in [-0.15, -0.1) is 0 Å². The van der Waals surface area contributed by atoms with Crippen LogP contribution in [0, 0.1) is 17.3 Å². The topological polar surface area (TPSA) is 39.1 Å². The molecule has 4 heteroatoms. The maximum Gasteiger partial charge on any atom is 0.0630 e. The van der Waals surface area contributed by atoms with E-state index in [2.05, 4.69) is 22.7 Å². The molecule has 2 fully saturated rings. The van der Waals surface area contributed by atoms with E-state index in [1.165, 1.54) is 25.0 Å². The van der Waals surface area contributed by atoms with Gasteiger partial charge in [0.15, 0.2) is 0 Å². The van der Waals surface area contributed by atoms with Gasteiger partial charge in [0.05, 0.1) is 12.3 Å². The number of rotatable bonds is 7. The second kappa shape index (κ2) is 5.25. The Hall–Kier alpha value is -0.870. The Bertz CT molecular complexity index is 419. The van der Waals surface area contributed by atoms with Gasteiger partial charge in [-0.25, -0.2) is 0 Å². The van der Waals surface area contributed by atoms with Gasteiger partial charge in [0.1, 0.15) is 0 Å². The van der Waals surface area contributed by atoms with Crippen molar-refractivity contribution < 1.29 is 4.74 Å². The molecule has 1 aromatic rings. The third-order valence-corrected chi connectivity index (χ3v) is 4.77. The Balaban J connectivity index is 1.60. The summed E-state index contributed by atoms with van der Waals surface area (Å²) in [4.78, 5) is 0. The Morgan fingerprint density at radius 1 is 1.47 bits per heavy atom. The van der Waals surface area contributed by atoms with Crippen LogP contribution in [-0.2, 0) is 18.2 Å². The molecule has 0 aromatic carbocycles. The lowest BCUT2D eigenvalue weighted by Crippen LogP contribution is -2.36. The van der Waals surface area contributed by atoms with Crippen LogP contribution in [0.5, 0.6) is 0 Å². The molecule has 1 N–H and O–H groups in total. The second-order valence-electron chi connectivity index (χ2n) is 6.49. The average Bonchev–Trinajstić information content (AvgIpc) is 2.81. The van der Waals surface area contributed by atoms with Gasteiger partial charge in [-0.05, 0) is 49.0 Å². The first-order valence-electron chi connectivity index (χ1n) is 7.39. The summed E-state index contributed by atoms with van der Waals surface area (Å²) in [7, 11) is 3.76. The van der Waals surface area contributed by atoms with Crippen LogP contribution in [0.25, 0.3) is 0 Å². The number of aromatic nitrogens is 2. The first kappa shape index (κ1) is 13.1. The van der Waals surface area contributed by atoms with Gasteiger partial charge in [-0.3, -0.25) is 4.68 Å². The van der Waals surface area contributed by atoms with E-state index in [0.29, 0.717) is 5.41 Å². The molecule has 2 unspecified atom stereocenters. The van der Waals surface area contributed by atoms with E-state index in [0.717, 1.165) is 38.0 Å². The van der Waals surface area contributed by atoms with Gasteiger partial charge in [0.25, 0.3) is 0 Å². The number of methoxy groups -OCH3 is 1. The van der Waals surface area contributed by atoms with Gasteiger partial charge >= 0.3 is 0 Å². The van der Waals surface area contributed by atoms with Crippen LogP contribution in [0.15, 0.2) is 12.3 Å². The van der Waals surface area contributed by atoms with Crippen LogP contribution in [0.3, 0.4) is 0 Å². The predicted octanol–water partition coefficient (Wildman–Crippen LogP) is 1.61. The molecule has 0 aliphatic heterocycles. The number of fused-ring (bicyclic) bond motifs is 1. The molecule has 4 nitrogen and oxygen atoms in total. The van der Waals surface area contributed by atoms with Gasteiger partial charge in [-0.1, -0.05) is 0 Å². The lowest BCUT2D eigenvalue weighted by Gasteiger charge is -2.30. The average molecular weight is 263 g/mol. The van der Waals surface area contributed by atoms with E-state index in [4.69, 9.17) is 4.74 Å². The van der Waals surface area contributed by atoms with Crippen LogP contribution >= 0.6 is 0 Å². The number of nitrogens with zero attached hydrogens (tertiary/aromatic N) is 2. The van der Waals surface area contributed by atoms with E-state index >= 15 is 0 Å². The van der Waals surface area contributed by atoms with Crippen LogP contribution in [0.2, 0.25) is 0 Å². The summed E-state index contributed by atoms with van der Waals surface area (Å²) in [5, 5.41) is 8.15. The highest BCUT2D eigenvalue weighted by molar-refractivity contribution is 5.11. The normalized spacial score (nSPS) is 32.5. The molecule has 0 saturated heterocycles. The van der Waals surface area contributed by atoms with E-state index in [9.17, 15) is 0 Å². The van der Waals surface area contributed by atoms with Crippen LogP contribution in [0.1, 0.15) is 25.0 Å². The van der Waals surface area contributed by atoms with Gasteiger partial charge in [0.2, 0.25) is 0 Å².